The number of aromatic nitrogens is 1. The van der Waals surface area contributed by atoms with Gasteiger partial charge in [0, 0.05) is 42.6 Å². The van der Waals surface area contributed by atoms with Crippen molar-refractivity contribution in [3.8, 4) is 5.75 Å². The van der Waals surface area contributed by atoms with Gasteiger partial charge < -0.3 is 19.7 Å². The highest BCUT2D eigenvalue weighted by molar-refractivity contribution is 6.30. The molecule has 30 heavy (non-hydrogen) atoms. The van der Waals surface area contributed by atoms with Gasteiger partial charge in [0.2, 0.25) is 0 Å². The molecule has 1 aromatic heterocycles. The molecule has 1 saturated heterocycles. The van der Waals surface area contributed by atoms with E-state index < -0.39 is 0 Å². The first-order chi connectivity index (χ1) is 14.6. The smallest absolute Gasteiger partial charge is 0.314 e. The van der Waals surface area contributed by atoms with E-state index in [1.165, 1.54) is 0 Å². The van der Waals surface area contributed by atoms with Gasteiger partial charge in [-0.1, -0.05) is 18.0 Å². The molecule has 4 rings (SSSR count). The zero-order valence-electron chi connectivity index (χ0n) is 17.3. The van der Waals surface area contributed by atoms with Gasteiger partial charge in [0.25, 0.3) is 0 Å². The summed E-state index contributed by atoms with van der Waals surface area (Å²) >= 11 is 6.03. The summed E-state index contributed by atoms with van der Waals surface area (Å²) in [7, 11) is 0. The first kappa shape index (κ1) is 20.9. The fourth-order valence-electron chi connectivity index (χ4n) is 3.92. The number of nitrogens with one attached hydrogen (secondary N) is 1. The highest BCUT2D eigenvalue weighted by atomic mass is 35.5. The lowest BCUT2D eigenvalue weighted by molar-refractivity contribution is -0.141. The minimum Gasteiger partial charge on any atom is -0.425 e. The molecule has 1 aliphatic carbocycles. The lowest BCUT2D eigenvalue weighted by Crippen LogP contribution is -2.40. The van der Waals surface area contributed by atoms with Crippen molar-refractivity contribution in [3.63, 3.8) is 0 Å². The topological polar surface area (TPSA) is 63.7 Å². The predicted octanol–water partition coefficient (Wildman–Crippen LogP) is 5.19. The minimum absolute atomic E-state index is 0.0201. The van der Waals surface area contributed by atoms with Gasteiger partial charge in [-0.25, -0.2) is 4.98 Å². The Bertz CT molecular complexity index is 864. The number of benzene rings is 1. The van der Waals surface area contributed by atoms with Gasteiger partial charge in [0.15, 0.2) is 11.6 Å². The molecule has 1 N–H and O–H groups in total. The van der Waals surface area contributed by atoms with E-state index in [0.29, 0.717) is 16.8 Å². The minimum atomic E-state index is -0.162. The van der Waals surface area contributed by atoms with E-state index in [0.717, 1.165) is 69.1 Å². The van der Waals surface area contributed by atoms with Gasteiger partial charge >= 0.3 is 5.97 Å². The second-order valence-electron chi connectivity index (χ2n) is 7.85. The third-order valence-electron chi connectivity index (χ3n) is 5.87. The van der Waals surface area contributed by atoms with Crippen molar-refractivity contribution in [2.24, 2.45) is 5.92 Å². The van der Waals surface area contributed by atoms with Crippen molar-refractivity contribution in [3.05, 3.63) is 41.6 Å². The number of rotatable bonds is 7. The molecule has 0 unspecified atom stereocenters. The number of halogens is 1. The van der Waals surface area contributed by atoms with Gasteiger partial charge in [0.05, 0.1) is 17.8 Å². The van der Waals surface area contributed by atoms with Crippen LogP contribution in [0.1, 0.15) is 39.0 Å². The summed E-state index contributed by atoms with van der Waals surface area (Å²) in [6, 6.07) is 9.76. The highest BCUT2D eigenvalue weighted by Crippen LogP contribution is 2.34. The average molecular weight is 430 g/mol. The largest absolute Gasteiger partial charge is 0.425 e. The molecule has 0 atom stereocenters. The third-order valence-corrected chi connectivity index (χ3v) is 6.12. The summed E-state index contributed by atoms with van der Waals surface area (Å²) in [5.74, 6) is 1.18. The zero-order chi connectivity index (χ0) is 20.9. The van der Waals surface area contributed by atoms with Crippen molar-refractivity contribution in [1.29, 1.82) is 0 Å². The van der Waals surface area contributed by atoms with E-state index in [-0.39, 0.29) is 11.9 Å². The Balaban J connectivity index is 1.62. The van der Waals surface area contributed by atoms with Gasteiger partial charge in [-0.15, -0.1) is 0 Å². The number of carbonyl (C=O) groups excluding carboxylic acids is 1. The molecule has 160 valence electrons. The van der Waals surface area contributed by atoms with Crippen molar-refractivity contribution >= 4 is 34.8 Å². The summed E-state index contributed by atoms with van der Waals surface area (Å²) in [4.78, 5) is 19.3. The van der Waals surface area contributed by atoms with Crippen LogP contribution in [0.5, 0.6) is 5.75 Å². The number of hydrogen-bond donors (Lipinski definition) is 1. The summed E-state index contributed by atoms with van der Waals surface area (Å²) in [5, 5.41) is 4.12. The van der Waals surface area contributed by atoms with Crippen LogP contribution in [0.2, 0.25) is 5.02 Å². The molecule has 0 bridgehead atoms. The first-order valence-corrected chi connectivity index (χ1v) is 11.1. The average Bonchev–Trinajstić information content (AvgIpc) is 2.71. The third kappa shape index (κ3) is 4.87. The molecule has 0 amide bonds. The number of hydrogen-bond acceptors (Lipinski definition) is 6. The van der Waals surface area contributed by atoms with Crippen LogP contribution in [0.4, 0.5) is 17.2 Å². The summed E-state index contributed by atoms with van der Waals surface area (Å²) < 4.78 is 11.2. The standard InChI is InChI=1S/C23H28ClN3O3/c1-2-27(19-10-12-29-13-11-19)22-21(26-18-8-6-17(24)7-9-18)14-20(15-25-22)30-23(28)16-4-3-5-16/h6-9,14-16,19,26H,2-5,10-13H2,1H3. The van der Waals surface area contributed by atoms with Gasteiger partial charge in [0.1, 0.15) is 0 Å². The molecule has 0 spiro atoms. The Kier molecular flexibility index (Phi) is 6.75. The van der Waals surface area contributed by atoms with E-state index in [2.05, 4.69) is 17.1 Å². The maximum atomic E-state index is 12.3. The van der Waals surface area contributed by atoms with Crippen LogP contribution in [0.15, 0.2) is 36.5 Å². The van der Waals surface area contributed by atoms with E-state index in [1.54, 1.807) is 6.20 Å². The maximum absolute atomic E-state index is 12.3. The number of carbonyl (C=O) groups is 1. The molecule has 7 heteroatoms. The fraction of sp³-hybridized carbons (Fsp3) is 0.478. The van der Waals surface area contributed by atoms with Crippen molar-refractivity contribution in [2.45, 2.75) is 45.1 Å². The molecule has 2 fully saturated rings. The van der Waals surface area contributed by atoms with Crippen LogP contribution in [-0.2, 0) is 9.53 Å². The second-order valence-corrected chi connectivity index (χ2v) is 8.29. The summed E-state index contributed by atoms with van der Waals surface area (Å²) in [6.45, 7) is 4.48. The van der Waals surface area contributed by atoms with Crippen LogP contribution < -0.4 is 15.0 Å². The number of nitrogens with zero attached hydrogens (tertiary/aromatic N) is 2. The maximum Gasteiger partial charge on any atom is 0.314 e. The normalized spacial score (nSPS) is 17.3. The molecule has 2 heterocycles. The van der Waals surface area contributed by atoms with Gasteiger partial charge in [-0.3, -0.25) is 4.79 Å². The molecule has 1 aliphatic heterocycles. The molecule has 2 aromatic rings. The first-order valence-electron chi connectivity index (χ1n) is 10.7. The van der Waals surface area contributed by atoms with Crippen LogP contribution in [0, 0.1) is 5.92 Å². The highest BCUT2D eigenvalue weighted by Gasteiger charge is 2.28. The summed E-state index contributed by atoms with van der Waals surface area (Å²) in [6.07, 6.45) is 6.50. The van der Waals surface area contributed by atoms with Crippen molar-refractivity contribution < 1.29 is 14.3 Å². The monoisotopic (exact) mass is 429 g/mol. The van der Waals surface area contributed by atoms with E-state index in [9.17, 15) is 4.79 Å². The van der Waals surface area contributed by atoms with Crippen molar-refractivity contribution in [1.82, 2.24) is 4.98 Å². The Morgan fingerprint density at radius 2 is 1.97 bits per heavy atom. The fourth-order valence-corrected chi connectivity index (χ4v) is 4.05. The van der Waals surface area contributed by atoms with E-state index in [1.807, 2.05) is 30.3 Å². The number of esters is 1. The van der Waals surface area contributed by atoms with Crippen LogP contribution in [0.25, 0.3) is 0 Å². The summed E-state index contributed by atoms with van der Waals surface area (Å²) in [5.41, 5.74) is 1.71. The molecule has 2 aliphatic rings. The number of pyridine rings is 1. The molecular formula is C23H28ClN3O3. The quantitative estimate of drug-likeness (QED) is 0.611. The molecule has 0 radical (unpaired) electrons. The Morgan fingerprint density at radius 3 is 2.60 bits per heavy atom. The van der Waals surface area contributed by atoms with E-state index in [4.69, 9.17) is 26.1 Å². The van der Waals surface area contributed by atoms with Gasteiger partial charge in [-0.2, -0.15) is 0 Å². The lowest BCUT2D eigenvalue weighted by atomic mass is 9.86. The van der Waals surface area contributed by atoms with Crippen LogP contribution >= 0.6 is 11.6 Å². The second kappa shape index (κ2) is 9.67. The molecule has 1 saturated carbocycles. The van der Waals surface area contributed by atoms with Crippen LogP contribution in [0.3, 0.4) is 0 Å². The molecule has 1 aromatic carbocycles. The Labute approximate surface area is 182 Å². The zero-order valence-corrected chi connectivity index (χ0v) is 18.0. The Morgan fingerprint density at radius 1 is 1.23 bits per heavy atom. The molecular weight excluding hydrogens is 402 g/mol. The van der Waals surface area contributed by atoms with Gasteiger partial charge in [-0.05, 0) is 56.9 Å². The number of anilines is 3. The van der Waals surface area contributed by atoms with Crippen LogP contribution in [-0.4, -0.2) is 36.8 Å². The SMILES string of the molecule is CCN(c1ncc(OC(=O)C2CCC2)cc1Nc1ccc(Cl)cc1)C1CCOCC1. The Hall–Kier alpha value is -2.31. The predicted molar refractivity (Wildman–Crippen MR) is 119 cm³/mol. The number of ether oxygens (including phenoxy) is 2. The van der Waals surface area contributed by atoms with Crippen molar-refractivity contribution in [2.75, 3.05) is 30.0 Å². The van der Waals surface area contributed by atoms with E-state index >= 15 is 0 Å². The molecule has 6 nitrogen and oxygen atoms in total. The lowest BCUT2D eigenvalue weighted by Gasteiger charge is -2.35.